The Hall–Kier alpha value is -4.08. The normalized spacial score (nSPS) is 14.0. The maximum atomic E-state index is 13.3. The molecule has 2 N–H and O–H groups in total. The first-order chi connectivity index (χ1) is 17.2. The molecule has 10 nitrogen and oxygen atoms in total. The van der Waals surface area contributed by atoms with Gasteiger partial charge < -0.3 is 29.9 Å². The first-order valence-electron chi connectivity index (χ1n) is 11.7. The standard InChI is InChI=1S/C26H32N4O6/c1-17(31)20-6-8-21(9-7-20)28-26(34)30-13-11-29(12-14-30)25(33)22(27-18(2)32)15-19-5-10-23(35-3)24(16-19)36-4/h5-10,16,22H,11-15H2,1-4H3,(H,27,32)(H,28,34). The lowest BCUT2D eigenvalue weighted by Crippen LogP contribution is -2.56. The lowest BCUT2D eigenvalue weighted by molar-refractivity contribution is -0.137. The predicted octanol–water partition coefficient (Wildman–Crippen LogP) is 2.33. The van der Waals surface area contributed by atoms with Crippen LogP contribution in [0.25, 0.3) is 0 Å². The Morgan fingerprint density at radius 3 is 2.03 bits per heavy atom. The van der Waals surface area contributed by atoms with Crippen molar-refractivity contribution in [2.75, 3.05) is 45.7 Å². The fourth-order valence-electron chi connectivity index (χ4n) is 4.03. The number of urea groups is 1. The van der Waals surface area contributed by atoms with Gasteiger partial charge in [0.2, 0.25) is 11.8 Å². The second kappa shape index (κ2) is 12.1. The number of amides is 4. The van der Waals surface area contributed by atoms with Crippen LogP contribution in [0.3, 0.4) is 0 Å². The maximum absolute atomic E-state index is 13.3. The van der Waals surface area contributed by atoms with Gasteiger partial charge in [0.15, 0.2) is 17.3 Å². The maximum Gasteiger partial charge on any atom is 0.321 e. The highest BCUT2D eigenvalue weighted by molar-refractivity contribution is 5.95. The van der Waals surface area contributed by atoms with E-state index in [-0.39, 0.29) is 30.0 Å². The number of anilines is 1. The number of nitrogens with zero attached hydrogens (tertiary/aromatic N) is 2. The van der Waals surface area contributed by atoms with E-state index >= 15 is 0 Å². The molecule has 36 heavy (non-hydrogen) atoms. The van der Waals surface area contributed by atoms with E-state index in [1.807, 2.05) is 6.07 Å². The van der Waals surface area contributed by atoms with Gasteiger partial charge in [-0.1, -0.05) is 6.07 Å². The molecule has 10 heteroatoms. The number of methoxy groups -OCH3 is 2. The van der Waals surface area contributed by atoms with Crippen molar-refractivity contribution in [2.24, 2.45) is 0 Å². The third kappa shape index (κ3) is 6.74. The average molecular weight is 497 g/mol. The molecule has 4 amide bonds. The highest BCUT2D eigenvalue weighted by Gasteiger charge is 2.30. The molecule has 1 aliphatic heterocycles. The summed E-state index contributed by atoms with van der Waals surface area (Å²) in [6, 6.07) is 11.0. The van der Waals surface area contributed by atoms with Crippen LogP contribution in [0.1, 0.15) is 29.8 Å². The summed E-state index contributed by atoms with van der Waals surface area (Å²) >= 11 is 0. The summed E-state index contributed by atoms with van der Waals surface area (Å²) in [7, 11) is 3.08. The van der Waals surface area contributed by atoms with Crippen molar-refractivity contribution < 1.29 is 28.7 Å². The van der Waals surface area contributed by atoms with Gasteiger partial charge >= 0.3 is 6.03 Å². The van der Waals surface area contributed by atoms with Crippen LogP contribution in [-0.2, 0) is 16.0 Å². The smallest absolute Gasteiger partial charge is 0.321 e. The molecule has 3 rings (SSSR count). The molecule has 1 heterocycles. The molecular formula is C26H32N4O6. The molecule has 0 saturated carbocycles. The van der Waals surface area contributed by atoms with E-state index in [0.29, 0.717) is 48.9 Å². The number of benzene rings is 2. The lowest BCUT2D eigenvalue weighted by Gasteiger charge is -2.36. The summed E-state index contributed by atoms with van der Waals surface area (Å²) in [5.41, 5.74) is 1.97. The number of carbonyl (C=O) groups is 4. The number of hydrogen-bond donors (Lipinski definition) is 2. The number of ketones is 1. The Morgan fingerprint density at radius 1 is 0.861 bits per heavy atom. The van der Waals surface area contributed by atoms with Crippen molar-refractivity contribution in [3.8, 4) is 11.5 Å². The third-order valence-electron chi connectivity index (χ3n) is 5.98. The van der Waals surface area contributed by atoms with E-state index < -0.39 is 6.04 Å². The summed E-state index contributed by atoms with van der Waals surface area (Å²) in [6.07, 6.45) is 0.287. The second-order valence-electron chi connectivity index (χ2n) is 8.52. The van der Waals surface area contributed by atoms with Gasteiger partial charge in [0.1, 0.15) is 6.04 Å². The minimum Gasteiger partial charge on any atom is -0.493 e. The number of carbonyl (C=O) groups excluding carboxylic acids is 4. The summed E-state index contributed by atoms with van der Waals surface area (Å²) < 4.78 is 10.6. The zero-order chi connectivity index (χ0) is 26.2. The number of nitrogens with one attached hydrogen (secondary N) is 2. The van der Waals surface area contributed by atoms with E-state index in [1.165, 1.54) is 21.0 Å². The van der Waals surface area contributed by atoms with Crippen LogP contribution in [0.5, 0.6) is 11.5 Å². The van der Waals surface area contributed by atoms with E-state index in [4.69, 9.17) is 9.47 Å². The number of piperazine rings is 1. The molecule has 0 spiro atoms. The van der Waals surface area contributed by atoms with Crippen LogP contribution >= 0.6 is 0 Å². The molecule has 2 aromatic carbocycles. The highest BCUT2D eigenvalue weighted by Crippen LogP contribution is 2.28. The van der Waals surface area contributed by atoms with Crippen LogP contribution in [0.2, 0.25) is 0 Å². The van der Waals surface area contributed by atoms with Gasteiger partial charge in [0, 0.05) is 50.8 Å². The molecule has 0 aliphatic carbocycles. The van der Waals surface area contributed by atoms with Gasteiger partial charge in [-0.25, -0.2) is 4.79 Å². The van der Waals surface area contributed by atoms with Crippen LogP contribution in [-0.4, -0.2) is 79.9 Å². The Kier molecular flexibility index (Phi) is 8.88. The summed E-state index contributed by atoms with van der Waals surface area (Å²) in [5.74, 6) is 0.562. The largest absolute Gasteiger partial charge is 0.493 e. The fraction of sp³-hybridized carbons (Fsp3) is 0.385. The van der Waals surface area contributed by atoms with Crippen molar-refractivity contribution in [3.05, 3.63) is 53.6 Å². The zero-order valence-electron chi connectivity index (χ0n) is 21.0. The SMILES string of the molecule is COc1ccc(CC(NC(C)=O)C(=O)N2CCN(C(=O)Nc3ccc(C(C)=O)cc3)CC2)cc1OC. The molecule has 0 radical (unpaired) electrons. The van der Waals surface area contributed by atoms with E-state index in [9.17, 15) is 19.2 Å². The highest BCUT2D eigenvalue weighted by atomic mass is 16.5. The van der Waals surface area contributed by atoms with Gasteiger partial charge in [-0.15, -0.1) is 0 Å². The molecule has 1 aliphatic rings. The molecular weight excluding hydrogens is 464 g/mol. The minimum atomic E-state index is -0.749. The van der Waals surface area contributed by atoms with E-state index in [2.05, 4.69) is 10.6 Å². The minimum absolute atomic E-state index is 0.0441. The van der Waals surface area contributed by atoms with Gasteiger partial charge in [-0.3, -0.25) is 14.4 Å². The van der Waals surface area contributed by atoms with Gasteiger partial charge in [-0.2, -0.15) is 0 Å². The van der Waals surface area contributed by atoms with Gasteiger partial charge in [0.25, 0.3) is 0 Å². The van der Waals surface area contributed by atoms with Crippen molar-refractivity contribution in [1.29, 1.82) is 0 Å². The lowest BCUT2D eigenvalue weighted by atomic mass is 10.0. The number of hydrogen-bond acceptors (Lipinski definition) is 6. The fourth-order valence-corrected chi connectivity index (χ4v) is 4.03. The van der Waals surface area contributed by atoms with Crippen molar-refractivity contribution in [3.63, 3.8) is 0 Å². The number of ether oxygens (including phenoxy) is 2. The van der Waals surface area contributed by atoms with Crippen molar-refractivity contribution >= 4 is 29.3 Å². The first-order valence-corrected chi connectivity index (χ1v) is 11.7. The topological polar surface area (TPSA) is 117 Å². The van der Waals surface area contributed by atoms with E-state index in [1.54, 1.807) is 53.3 Å². The number of Topliss-reactive ketones (excluding diaryl/α,β-unsaturated/α-hetero) is 1. The summed E-state index contributed by atoms with van der Waals surface area (Å²) in [4.78, 5) is 52.5. The Morgan fingerprint density at radius 2 is 1.47 bits per heavy atom. The molecule has 0 bridgehead atoms. The molecule has 1 unspecified atom stereocenters. The summed E-state index contributed by atoms with van der Waals surface area (Å²) in [5, 5.41) is 5.57. The van der Waals surface area contributed by atoms with Crippen LogP contribution in [0.4, 0.5) is 10.5 Å². The Labute approximate surface area is 210 Å². The van der Waals surface area contributed by atoms with Crippen LogP contribution < -0.4 is 20.1 Å². The molecule has 1 saturated heterocycles. The van der Waals surface area contributed by atoms with E-state index in [0.717, 1.165) is 5.56 Å². The van der Waals surface area contributed by atoms with Gasteiger partial charge in [0.05, 0.1) is 14.2 Å². The zero-order valence-corrected chi connectivity index (χ0v) is 21.0. The third-order valence-corrected chi connectivity index (χ3v) is 5.98. The number of rotatable bonds is 8. The Balaban J connectivity index is 1.60. The monoisotopic (exact) mass is 496 g/mol. The molecule has 1 atom stereocenters. The van der Waals surface area contributed by atoms with Gasteiger partial charge in [-0.05, 0) is 48.9 Å². The second-order valence-corrected chi connectivity index (χ2v) is 8.52. The quantitative estimate of drug-likeness (QED) is 0.542. The van der Waals surface area contributed by atoms with Crippen molar-refractivity contribution in [1.82, 2.24) is 15.1 Å². The summed E-state index contributed by atoms with van der Waals surface area (Å²) in [6.45, 7) is 4.26. The molecule has 2 aromatic rings. The molecule has 0 aromatic heterocycles. The van der Waals surface area contributed by atoms with Crippen LogP contribution in [0.15, 0.2) is 42.5 Å². The Bertz CT molecular complexity index is 1110. The first kappa shape index (κ1) is 26.5. The average Bonchev–Trinajstić information content (AvgIpc) is 2.87. The predicted molar refractivity (Wildman–Crippen MR) is 134 cm³/mol. The van der Waals surface area contributed by atoms with Crippen molar-refractivity contribution in [2.45, 2.75) is 26.3 Å². The molecule has 1 fully saturated rings. The molecule has 192 valence electrons. The van der Waals surface area contributed by atoms with Crippen LogP contribution in [0, 0.1) is 0 Å².